The number of aliphatic carboxylic acids is 1. The number of ether oxygens (including phenoxy) is 3. The van der Waals surface area contributed by atoms with Gasteiger partial charge in [-0.1, -0.05) is 54.6 Å². The van der Waals surface area contributed by atoms with Crippen molar-refractivity contribution in [2.75, 3.05) is 6.61 Å². The van der Waals surface area contributed by atoms with Crippen molar-refractivity contribution in [3.05, 3.63) is 95.0 Å². The number of para-hydroxylation sites is 1. The average Bonchev–Trinajstić information content (AvgIpc) is 3.31. The van der Waals surface area contributed by atoms with Crippen molar-refractivity contribution in [3.8, 4) is 27.8 Å². The number of aryl methyl sites for hydroxylation is 1. The molecule has 0 atom stereocenters. The largest absolute Gasteiger partial charge is 0.489 e. The molecule has 168 valence electrons. The van der Waals surface area contributed by atoms with E-state index in [1.807, 2.05) is 85.1 Å². The first-order valence-electron chi connectivity index (χ1n) is 10.4. The molecule has 0 aliphatic carbocycles. The number of aromatic nitrogens is 1. The van der Waals surface area contributed by atoms with E-state index in [-0.39, 0.29) is 6.61 Å². The van der Waals surface area contributed by atoms with Crippen LogP contribution in [0.4, 0.5) is 0 Å². The Morgan fingerprint density at radius 2 is 1.64 bits per heavy atom. The van der Waals surface area contributed by atoms with Crippen LogP contribution in [0.2, 0.25) is 0 Å². The van der Waals surface area contributed by atoms with Gasteiger partial charge in [-0.05, 0) is 24.6 Å². The number of carbonyl (C=O) groups is 1. The summed E-state index contributed by atoms with van der Waals surface area (Å²) in [5.74, 6) is 0.825. The molecule has 0 aliphatic rings. The predicted molar refractivity (Wildman–Crippen MR) is 127 cm³/mol. The van der Waals surface area contributed by atoms with Gasteiger partial charge in [-0.2, -0.15) is 0 Å². The highest BCUT2D eigenvalue weighted by molar-refractivity contribution is 7.13. The lowest BCUT2D eigenvalue weighted by Gasteiger charge is -2.14. The van der Waals surface area contributed by atoms with E-state index in [1.54, 1.807) is 11.3 Å². The molecule has 4 aromatic rings. The van der Waals surface area contributed by atoms with E-state index in [0.717, 1.165) is 27.4 Å². The summed E-state index contributed by atoms with van der Waals surface area (Å²) < 4.78 is 17.3. The Bertz CT molecular complexity index is 1220. The summed E-state index contributed by atoms with van der Waals surface area (Å²) in [4.78, 5) is 15.5. The molecule has 0 spiro atoms. The summed E-state index contributed by atoms with van der Waals surface area (Å²) >= 11 is 1.59. The van der Waals surface area contributed by atoms with Crippen molar-refractivity contribution in [2.24, 2.45) is 0 Å². The Hall–Kier alpha value is -3.84. The molecule has 0 amide bonds. The fourth-order valence-corrected chi connectivity index (χ4v) is 4.04. The first-order chi connectivity index (χ1) is 16.1. The molecular weight excluding hydrogens is 438 g/mol. The van der Waals surface area contributed by atoms with Crippen LogP contribution in [0.25, 0.3) is 10.6 Å². The van der Waals surface area contributed by atoms with E-state index >= 15 is 0 Å². The van der Waals surface area contributed by atoms with Crippen LogP contribution in [0.3, 0.4) is 0 Å². The standard InChI is InChI=1S/C26H23NO5S/c1-18-7-5-10-20(25(18)32-16-24(28)29)14-30-22-11-6-12-23(13-22)31-15-21-17-33-26(27-21)19-8-3-2-4-9-19/h2-13,17H,14-16H2,1H3,(H,28,29). The van der Waals surface area contributed by atoms with E-state index in [2.05, 4.69) is 4.98 Å². The SMILES string of the molecule is Cc1cccc(COc2cccc(OCc3csc(-c4ccccc4)n3)c2)c1OCC(=O)O. The van der Waals surface area contributed by atoms with Crippen molar-refractivity contribution in [2.45, 2.75) is 20.1 Å². The van der Waals surface area contributed by atoms with Gasteiger partial charge in [0.05, 0.1) is 5.69 Å². The summed E-state index contributed by atoms with van der Waals surface area (Å²) in [6.45, 7) is 2.07. The van der Waals surface area contributed by atoms with E-state index in [4.69, 9.17) is 19.3 Å². The Morgan fingerprint density at radius 1 is 0.909 bits per heavy atom. The van der Waals surface area contributed by atoms with Gasteiger partial charge in [0.1, 0.15) is 35.5 Å². The highest BCUT2D eigenvalue weighted by atomic mass is 32.1. The maximum atomic E-state index is 10.9. The van der Waals surface area contributed by atoms with Gasteiger partial charge in [0.15, 0.2) is 6.61 Å². The van der Waals surface area contributed by atoms with Gasteiger partial charge in [-0.15, -0.1) is 11.3 Å². The zero-order valence-electron chi connectivity index (χ0n) is 18.1. The molecule has 1 aromatic heterocycles. The van der Waals surface area contributed by atoms with E-state index in [9.17, 15) is 4.79 Å². The van der Waals surface area contributed by atoms with Gasteiger partial charge in [0.25, 0.3) is 0 Å². The van der Waals surface area contributed by atoms with Gasteiger partial charge >= 0.3 is 5.97 Å². The minimum absolute atomic E-state index is 0.243. The molecule has 1 N–H and O–H groups in total. The molecule has 0 aliphatic heterocycles. The van der Waals surface area contributed by atoms with Crippen molar-refractivity contribution < 1.29 is 24.1 Å². The number of rotatable bonds is 10. The minimum Gasteiger partial charge on any atom is -0.489 e. The topological polar surface area (TPSA) is 77.9 Å². The van der Waals surface area contributed by atoms with Gasteiger partial charge in [-0.3, -0.25) is 0 Å². The number of nitrogens with zero attached hydrogens (tertiary/aromatic N) is 1. The van der Waals surface area contributed by atoms with Crippen LogP contribution in [0.1, 0.15) is 16.8 Å². The van der Waals surface area contributed by atoms with Crippen molar-refractivity contribution in [3.63, 3.8) is 0 Å². The molecule has 4 rings (SSSR count). The van der Waals surface area contributed by atoms with Crippen molar-refractivity contribution in [1.82, 2.24) is 4.98 Å². The first kappa shape index (κ1) is 22.4. The second-order valence-corrected chi connectivity index (χ2v) is 8.17. The Balaban J connectivity index is 1.37. The molecule has 6 nitrogen and oxygen atoms in total. The lowest BCUT2D eigenvalue weighted by atomic mass is 10.1. The molecule has 0 radical (unpaired) electrons. The van der Waals surface area contributed by atoms with Crippen molar-refractivity contribution >= 4 is 17.3 Å². The third kappa shape index (κ3) is 6.11. The number of thiazole rings is 1. The zero-order chi connectivity index (χ0) is 23.0. The highest BCUT2D eigenvalue weighted by Gasteiger charge is 2.11. The highest BCUT2D eigenvalue weighted by Crippen LogP contribution is 2.27. The van der Waals surface area contributed by atoms with Crippen LogP contribution >= 0.6 is 11.3 Å². The molecule has 0 saturated carbocycles. The molecule has 0 unspecified atom stereocenters. The van der Waals surface area contributed by atoms with E-state index < -0.39 is 12.6 Å². The van der Waals surface area contributed by atoms with E-state index in [1.165, 1.54) is 0 Å². The number of benzene rings is 3. The number of carboxylic acid groups (broad SMARTS) is 1. The smallest absolute Gasteiger partial charge is 0.341 e. The molecular formula is C26H23NO5S. The summed E-state index contributed by atoms with van der Waals surface area (Å²) in [5.41, 5.74) is 3.59. The Morgan fingerprint density at radius 3 is 2.39 bits per heavy atom. The van der Waals surface area contributed by atoms with Crippen LogP contribution in [-0.4, -0.2) is 22.7 Å². The number of hydrogen-bond donors (Lipinski definition) is 1. The number of hydrogen-bond acceptors (Lipinski definition) is 6. The van der Waals surface area contributed by atoms with Gasteiger partial charge in [0.2, 0.25) is 0 Å². The van der Waals surface area contributed by atoms with Crippen LogP contribution < -0.4 is 14.2 Å². The maximum Gasteiger partial charge on any atom is 0.341 e. The maximum absolute atomic E-state index is 10.9. The molecule has 7 heteroatoms. The minimum atomic E-state index is -1.02. The quantitative estimate of drug-likeness (QED) is 0.324. The summed E-state index contributed by atoms with van der Waals surface area (Å²) in [6.07, 6.45) is 0. The third-order valence-electron chi connectivity index (χ3n) is 4.79. The van der Waals surface area contributed by atoms with E-state index in [0.29, 0.717) is 23.9 Å². The van der Waals surface area contributed by atoms with Gasteiger partial charge < -0.3 is 19.3 Å². The van der Waals surface area contributed by atoms with Crippen LogP contribution in [0, 0.1) is 6.92 Å². The predicted octanol–water partition coefficient (Wildman–Crippen LogP) is 5.74. The molecule has 0 bridgehead atoms. The Labute approximate surface area is 196 Å². The van der Waals surface area contributed by atoms with Gasteiger partial charge in [-0.25, -0.2) is 9.78 Å². The summed E-state index contributed by atoms with van der Waals surface area (Å²) in [5, 5.41) is 11.9. The molecule has 0 saturated heterocycles. The molecule has 33 heavy (non-hydrogen) atoms. The second kappa shape index (κ2) is 10.7. The monoisotopic (exact) mass is 461 g/mol. The lowest BCUT2D eigenvalue weighted by Crippen LogP contribution is -2.12. The second-order valence-electron chi connectivity index (χ2n) is 7.31. The third-order valence-corrected chi connectivity index (χ3v) is 5.73. The summed E-state index contributed by atoms with van der Waals surface area (Å²) in [6, 6.07) is 23.1. The molecule has 0 fully saturated rings. The van der Waals surface area contributed by atoms with Crippen LogP contribution in [0.15, 0.2) is 78.2 Å². The van der Waals surface area contributed by atoms with Crippen LogP contribution in [-0.2, 0) is 18.0 Å². The zero-order valence-corrected chi connectivity index (χ0v) is 18.9. The summed E-state index contributed by atoms with van der Waals surface area (Å²) in [7, 11) is 0. The fraction of sp³-hybridized carbons (Fsp3) is 0.154. The van der Waals surface area contributed by atoms with Crippen molar-refractivity contribution in [1.29, 1.82) is 0 Å². The van der Waals surface area contributed by atoms with Crippen LogP contribution in [0.5, 0.6) is 17.2 Å². The fourth-order valence-electron chi connectivity index (χ4n) is 3.23. The molecule has 3 aromatic carbocycles. The number of carboxylic acids is 1. The first-order valence-corrected chi connectivity index (χ1v) is 11.2. The van der Waals surface area contributed by atoms with Gasteiger partial charge in [0, 0.05) is 22.6 Å². The lowest BCUT2D eigenvalue weighted by molar-refractivity contribution is -0.139. The molecule has 1 heterocycles. The normalized spacial score (nSPS) is 10.6. The Kier molecular flexibility index (Phi) is 7.22. The average molecular weight is 462 g/mol.